The SMILES string of the molecule is Clc1ccccc1NC1=CCC(=Cc2c[nH]c3ncccc23)O1. The van der Waals surface area contributed by atoms with Crippen molar-refractivity contribution < 1.29 is 4.74 Å². The normalized spacial score (nSPS) is 15.7. The Labute approximate surface area is 138 Å². The van der Waals surface area contributed by atoms with Crippen molar-refractivity contribution in [3.05, 3.63) is 77.1 Å². The number of allylic oxidation sites excluding steroid dienone is 1. The van der Waals surface area contributed by atoms with Gasteiger partial charge in [0.1, 0.15) is 11.4 Å². The number of anilines is 1. The summed E-state index contributed by atoms with van der Waals surface area (Å²) in [6.07, 6.45) is 8.47. The van der Waals surface area contributed by atoms with Gasteiger partial charge < -0.3 is 15.0 Å². The van der Waals surface area contributed by atoms with Gasteiger partial charge in [-0.3, -0.25) is 0 Å². The molecule has 2 aromatic heterocycles. The molecule has 5 heteroatoms. The number of rotatable bonds is 3. The fraction of sp³-hybridized carbons (Fsp3) is 0.0556. The van der Waals surface area contributed by atoms with Crippen molar-refractivity contribution in [2.24, 2.45) is 0 Å². The van der Waals surface area contributed by atoms with E-state index in [2.05, 4.69) is 15.3 Å². The smallest absolute Gasteiger partial charge is 0.193 e. The van der Waals surface area contributed by atoms with E-state index in [4.69, 9.17) is 16.3 Å². The summed E-state index contributed by atoms with van der Waals surface area (Å²) in [6, 6.07) is 11.6. The lowest BCUT2D eigenvalue weighted by Crippen LogP contribution is -1.99. The zero-order valence-corrected chi connectivity index (χ0v) is 13.0. The number of ether oxygens (including phenoxy) is 1. The average molecular weight is 324 g/mol. The fourth-order valence-corrected chi connectivity index (χ4v) is 2.73. The Kier molecular flexibility index (Phi) is 3.52. The van der Waals surface area contributed by atoms with E-state index >= 15 is 0 Å². The zero-order valence-electron chi connectivity index (χ0n) is 12.2. The zero-order chi connectivity index (χ0) is 15.6. The molecule has 4 nitrogen and oxygen atoms in total. The first-order valence-electron chi connectivity index (χ1n) is 7.32. The van der Waals surface area contributed by atoms with Crippen LogP contribution in [0.1, 0.15) is 12.0 Å². The summed E-state index contributed by atoms with van der Waals surface area (Å²) in [5, 5.41) is 4.95. The predicted octanol–water partition coefficient (Wildman–Crippen LogP) is 4.93. The van der Waals surface area contributed by atoms with Gasteiger partial charge in [-0.15, -0.1) is 0 Å². The summed E-state index contributed by atoms with van der Waals surface area (Å²) < 4.78 is 5.86. The van der Waals surface area contributed by atoms with Crippen molar-refractivity contribution in [1.29, 1.82) is 0 Å². The summed E-state index contributed by atoms with van der Waals surface area (Å²) >= 11 is 6.15. The van der Waals surface area contributed by atoms with E-state index in [1.54, 1.807) is 6.20 Å². The number of para-hydroxylation sites is 1. The van der Waals surface area contributed by atoms with Crippen LogP contribution < -0.4 is 5.32 Å². The highest BCUT2D eigenvalue weighted by Gasteiger charge is 2.13. The van der Waals surface area contributed by atoms with Crippen LogP contribution >= 0.6 is 11.6 Å². The molecule has 1 aromatic carbocycles. The number of nitrogens with zero attached hydrogens (tertiary/aromatic N) is 1. The van der Waals surface area contributed by atoms with Gasteiger partial charge in [-0.2, -0.15) is 0 Å². The molecule has 0 saturated carbocycles. The minimum absolute atomic E-state index is 0.664. The molecule has 1 aliphatic heterocycles. The minimum Gasteiger partial charge on any atom is -0.445 e. The largest absolute Gasteiger partial charge is 0.445 e. The van der Waals surface area contributed by atoms with Crippen LogP contribution in [-0.2, 0) is 4.74 Å². The van der Waals surface area contributed by atoms with Crippen molar-refractivity contribution in [1.82, 2.24) is 9.97 Å². The highest BCUT2D eigenvalue weighted by atomic mass is 35.5. The summed E-state index contributed by atoms with van der Waals surface area (Å²) in [5.74, 6) is 1.58. The maximum absolute atomic E-state index is 6.15. The molecule has 0 spiro atoms. The summed E-state index contributed by atoms with van der Waals surface area (Å²) in [4.78, 5) is 7.45. The Balaban J connectivity index is 1.52. The topological polar surface area (TPSA) is 49.9 Å². The molecule has 1 aliphatic rings. The second-order valence-corrected chi connectivity index (χ2v) is 5.64. The van der Waals surface area contributed by atoms with Gasteiger partial charge in [0, 0.05) is 29.8 Å². The van der Waals surface area contributed by atoms with Gasteiger partial charge in [0.05, 0.1) is 10.7 Å². The maximum Gasteiger partial charge on any atom is 0.193 e. The number of nitrogens with one attached hydrogen (secondary N) is 2. The number of H-pyrrole nitrogens is 1. The molecule has 0 saturated heterocycles. The van der Waals surface area contributed by atoms with E-state index in [1.807, 2.05) is 54.7 Å². The molecule has 0 fully saturated rings. The van der Waals surface area contributed by atoms with E-state index in [1.165, 1.54) is 0 Å². The number of fused-ring (bicyclic) bond motifs is 1. The lowest BCUT2D eigenvalue weighted by atomic mass is 10.2. The molecule has 0 bridgehead atoms. The van der Waals surface area contributed by atoms with Gasteiger partial charge >= 0.3 is 0 Å². The van der Waals surface area contributed by atoms with Crippen molar-refractivity contribution >= 4 is 34.4 Å². The average Bonchev–Trinajstić information content (AvgIpc) is 3.18. The van der Waals surface area contributed by atoms with Crippen LogP contribution in [0, 0.1) is 0 Å². The van der Waals surface area contributed by atoms with Crippen LogP contribution in [0.4, 0.5) is 5.69 Å². The van der Waals surface area contributed by atoms with E-state index in [0.29, 0.717) is 10.9 Å². The molecule has 3 heterocycles. The first kappa shape index (κ1) is 13.9. The second kappa shape index (κ2) is 5.82. The van der Waals surface area contributed by atoms with Crippen molar-refractivity contribution in [2.75, 3.05) is 5.32 Å². The van der Waals surface area contributed by atoms with Gasteiger partial charge in [0.2, 0.25) is 0 Å². The molecule has 114 valence electrons. The standard InChI is InChI=1S/C18H14ClN3O/c19-15-5-1-2-6-16(15)22-17-8-7-13(23-17)10-12-11-21-18-14(12)4-3-9-20-18/h1-6,8-11,22H,7H2,(H,20,21). The fourth-order valence-electron chi connectivity index (χ4n) is 2.55. The number of halogens is 1. The van der Waals surface area contributed by atoms with Crippen LogP contribution in [0.3, 0.4) is 0 Å². The van der Waals surface area contributed by atoms with Crippen LogP contribution in [0.15, 0.2) is 66.5 Å². The molecule has 0 amide bonds. The molecular weight excluding hydrogens is 310 g/mol. The van der Waals surface area contributed by atoms with Crippen molar-refractivity contribution in [2.45, 2.75) is 6.42 Å². The van der Waals surface area contributed by atoms with Crippen LogP contribution in [0.5, 0.6) is 0 Å². The molecule has 2 N–H and O–H groups in total. The third-order valence-electron chi connectivity index (χ3n) is 3.66. The van der Waals surface area contributed by atoms with Gasteiger partial charge in [0.25, 0.3) is 0 Å². The quantitative estimate of drug-likeness (QED) is 0.718. The molecule has 4 rings (SSSR count). The molecule has 3 aromatic rings. The van der Waals surface area contributed by atoms with E-state index in [-0.39, 0.29) is 0 Å². The Hall–Kier alpha value is -2.72. The molecule has 0 radical (unpaired) electrons. The number of hydrogen-bond donors (Lipinski definition) is 2. The predicted molar refractivity (Wildman–Crippen MR) is 92.9 cm³/mol. The third-order valence-corrected chi connectivity index (χ3v) is 3.99. The van der Waals surface area contributed by atoms with E-state index in [9.17, 15) is 0 Å². The van der Waals surface area contributed by atoms with Gasteiger partial charge in [-0.1, -0.05) is 23.7 Å². The highest BCUT2D eigenvalue weighted by molar-refractivity contribution is 6.33. The Morgan fingerprint density at radius 3 is 3.04 bits per heavy atom. The second-order valence-electron chi connectivity index (χ2n) is 5.23. The maximum atomic E-state index is 6.15. The minimum atomic E-state index is 0.664. The van der Waals surface area contributed by atoms with Gasteiger partial charge in [0.15, 0.2) is 5.88 Å². The summed E-state index contributed by atoms with van der Waals surface area (Å²) in [6.45, 7) is 0. The van der Waals surface area contributed by atoms with Crippen LogP contribution in [-0.4, -0.2) is 9.97 Å². The Morgan fingerprint density at radius 1 is 1.22 bits per heavy atom. The van der Waals surface area contributed by atoms with Gasteiger partial charge in [-0.25, -0.2) is 4.98 Å². The first-order valence-corrected chi connectivity index (χ1v) is 7.69. The monoisotopic (exact) mass is 323 g/mol. The summed E-state index contributed by atoms with van der Waals surface area (Å²) in [7, 11) is 0. The molecular formula is C18H14ClN3O. The lowest BCUT2D eigenvalue weighted by molar-refractivity contribution is 0.333. The number of aromatic nitrogens is 2. The number of aromatic amines is 1. The van der Waals surface area contributed by atoms with E-state index < -0.39 is 0 Å². The van der Waals surface area contributed by atoms with Crippen LogP contribution in [0.25, 0.3) is 17.1 Å². The number of pyridine rings is 1. The lowest BCUT2D eigenvalue weighted by Gasteiger charge is -2.09. The third kappa shape index (κ3) is 2.81. The van der Waals surface area contributed by atoms with Crippen molar-refractivity contribution in [3.8, 4) is 0 Å². The van der Waals surface area contributed by atoms with E-state index in [0.717, 1.165) is 34.5 Å². The van der Waals surface area contributed by atoms with Gasteiger partial charge in [-0.05, 0) is 36.4 Å². The Bertz CT molecular complexity index is 927. The molecule has 23 heavy (non-hydrogen) atoms. The molecule has 0 unspecified atom stereocenters. The summed E-state index contributed by atoms with van der Waals surface area (Å²) in [5.41, 5.74) is 2.77. The number of hydrogen-bond acceptors (Lipinski definition) is 3. The number of benzene rings is 1. The van der Waals surface area contributed by atoms with Crippen LogP contribution in [0.2, 0.25) is 5.02 Å². The molecule has 0 aliphatic carbocycles. The Morgan fingerprint density at radius 2 is 2.13 bits per heavy atom. The van der Waals surface area contributed by atoms with Crippen molar-refractivity contribution in [3.63, 3.8) is 0 Å². The first-order chi connectivity index (χ1) is 11.3. The highest BCUT2D eigenvalue weighted by Crippen LogP contribution is 2.29. The molecule has 0 atom stereocenters.